The van der Waals surface area contributed by atoms with E-state index in [0.29, 0.717) is 28.2 Å². The van der Waals surface area contributed by atoms with Crippen LogP contribution in [0.15, 0.2) is 28.7 Å². The van der Waals surface area contributed by atoms with Gasteiger partial charge in [-0.3, -0.25) is 4.79 Å². The molecule has 22 heavy (non-hydrogen) atoms. The van der Waals surface area contributed by atoms with Gasteiger partial charge >= 0.3 is 5.97 Å². The van der Waals surface area contributed by atoms with Gasteiger partial charge in [0.25, 0.3) is 5.91 Å². The summed E-state index contributed by atoms with van der Waals surface area (Å²) in [7, 11) is 0. The molecule has 0 fully saturated rings. The van der Waals surface area contributed by atoms with Crippen molar-refractivity contribution < 1.29 is 14.3 Å². The molecule has 0 aliphatic heterocycles. The number of ether oxygens (including phenoxy) is 1. The molecule has 0 bridgehead atoms. The standard InChI is InChI=1S/C16H17BrN2O3/c1-4-22-16(21)14-9(2)13(10(3)18-14)15(20)19-12-7-5-11(17)6-8-12/h5-8,18H,4H2,1-3H3,(H,19,20). The van der Waals surface area contributed by atoms with E-state index in [9.17, 15) is 9.59 Å². The molecule has 116 valence electrons. The van der Waals surface area contributed by atoms with Gasteiger partial charge in [0, 0.05) is 15.9 Å². The summed E-state index contributed by atoms with van der Waals surface area (Å²) in [5.74, 6) is -0.713. The quantitative estimate of drug-likeness (QED) is 0.810. The van der Waals surface area contributed by atoms with Gasteiger partial charge in [-0.2, -0.15) is 0 Å². The molecular weight excluding hydrogens is 348 g/mol. The third-order valence-corrected chi connectivity index (χ3v) is 3.77. The van der Waals surface area contributed by atoms with E-state index < -0.39 is 5.97 Å². The maximum absolute atomic E-state index is 12.4. The van der Waals surface area contributed by atoms with E-state index in [1.165, 1.54) is 0 Å². The Labute approximate surface area is 137 Å². The molecule has 1 heterocycles. The van der Waals surface area contributed by atoms with Gasteiger partial charge in [-0.15, -0.1) is 0 Å². The second-order valence-electron chi connectivity index (χ2n) is 4.81. The van der Waals surface area contributed by atoms with Gasteiger partial charge in [-0.05, 0) is 50.6 Å². The van der Waals surface area contributed by atoms with Crippen molar-refractivity contribution in [3.63, 3.8) is 0 Å². The van der Waals surface area contributed by atoms with Crippen LogP contribution in [0.2, 0.25) is 0 Å². The van der Waals surface area contributed by atoms with E-state index in [1.807, 2.05) is 12.1 Å². The molecule has 2 rings (SSSR count). The van der Waals surface area contributed by atoms with Crippen molar-refractivity contribution in [1.82, 2.24) is 4.98 Å². The van der Waals surface area contributed by atoms with Crippen molar-refractivity contribution in [2.75, 3.05) is 11.9 Å². The lowest BCUT2D eigenvalue weighted by molar-refractivity contribution is 0.0519. The Morgan fingerprint density at radius 3 is 2.45 bits per heavy atom. The van der Waals surface area contributed by atoms with Crippen LogP contribution in [0, 0.1) is 13.8 Å². The highest BCUT2D eigenvalue weighted by Gasteiger charge is 2.22. The highest BCUT2D eigenvalue weighted by molar-refractivity contribution is 9.10. The van der Waals surface area contributed by atoms with Gasteiger partial charge in [0.1, 0.15) is 5.69 Å². The summed E-state index contributed by atoms with van der Waals surface area (Å²) < 4.78 is 5.92. The summed E-state index contributed by atoms with van der Waals surface area (Å²) in [5.41, 5.74) is 2.69. The van der Waals surface area contributed by atoms with Crippen LogP contribution in [0.3, 0.4) is 0 Å². The monoisotopic (exact) mass is 364 g/mol. The number of aromatic nitrogens is 1. The number of H-pyrrole nitrogens is 1. The molecule has 5 nitrogen and oxygen atoms in total. The number of carbonyl (C=O) groups is 2. The number of benzene rings is 1. The lowest BCUT2D eigenvalue weighted by Gasteiger charge is -2.06. The average Bonchev–Trinajstić information content (AvgIpc) is 2.77. The molecule has 6 heteroatoms. The zero-order valence-electron chi connectivity index (χ0n) is 12.6. The molecular formula is C16H17BrN2O3. The van der Waals surface area contributed by atoms with Crippen LogP contribution in [0.4, 0.5) is 5.69 Å². The van der Waals surface area contributed by atoms with Crippen LogP contribution in [-0.4, -0.2) is 23.5 Å². The van der Waals surface area contributed by atoms with Gasteiger partial charge in [0.15, 0.2) is 0 Å². The average molecular weight is 365 g/mol. The Balaban J connectivity index is 2.26. The fourth-order valence-corrected chi connectivity index (χ4v) is 2.49. The van der Waals surface area contributed by atoms with Crippen molar-refractivity contribution in [3.05, 3.63) is 51.3 Å². The molecule has 0 unspecified atom stereocenters. The highest BCUT2D eigenvalue weighted by Crippen LogP contribution is 2.21. The number of carbonyl (C=O) groups excluding carboxylic acids is 2. The maximum atomic E-state index is 12.4. The molecule has 2 aromatic rings. The zero-order valence-corrected chi connectivity index (χ0v) is 14.2. The summed E-state index contributed by atoms with van der Waals surface area (Å²) in [6.07, 6.45) is 0. The lowest BCUT2D eigenvalue weighted by Crippen LogP contribution is -2.14. The first-order valence-electron chi connectivity index (χ1n) is 6.87. The lowest BCUT2D eigenvalue weighted by atomic mass is 10.1. The summed E-state index contributed by atoms with van der Waals surface area (Å²) in [6, 6.07) is 7.28. The van der Waals surface area contributed by atoms with Gasteiger partial charge < -0.3 is 15.0 Å². The van der Waals surface area contributed by atoms with E-state index in [0.717, 1.165) is 4.47 Å². The summed E-state index contributed by atoms with van der Waals surface area (Å²) in [6.45, 7) is 5.51. The first kappa shape index (κ1) is 16.3. The molecule has 1 aromatic carbocycles. The van der Waals surface area contributed by atoms with E-state index in [4.69, 9.17) is 4.74 Å². The van der Waals surface area contributed by atoms with Crippen LogP contribution in [0.1, 0.15) is 39.0 Å². The normalized spacial score (nSPS) is 10.4. The fourth-order valence-electron chi connectivity index (χ4n) is 2.22. The van der Waals surface area contributed by atoms with Crippen LogP contribution in [0.5, 0.6) is 0 Å². The summed E-state index contributed by atoms with van der Waals surface area (Å²) >= 11 is 3.34. The largest absolute Gasteiger partial charge is 0.461 e. The molecule has 1 amide bonds. The summed E-state index contributed by atoms with van der Waals surface area (Å²) in [4.78, 5) is 27.2. The third-order valence-electron chi connectivity index (χ3n) is 3.25. The Morgan fingerprint density at radius 1 is 1.23 bits per heavy atom. The predicted molar refractivity (Wildman–Crippen MR) is 88.3 cm³/mol. The second kappa shape index (κ2) is 6.79. The number of hydrogen-bond acceptors (Lipinski definition) is 3. The van der Waals surface area contributed by atoms with Crippen LogP contribution in [-0.2, 0) is 4.74 Å². The number of rotatable bonds is 4. The molecule has 1 aromatic heterocycles. The minimum atomic E-state index is -0.453. The van der Waals surface area contributed by atoms with Gasteiger partial charge in [0.05, 0.1) is 12.2 Å². The highest BCUT2D eigenvalue weighted by atomic mass is 79.9. The van der Waals surface area contributed by atoms with Crippen molar-refractivity contribution in [2.45, 2.75) is 20.8 Å². The number of aromatic amines is 1. The number of anilines is 1. The first-order valence-corrected chi connectivity index (χ1v) is 7.66. The van der Waals surface area contributed by atoms with Crippen LogP contribution in [0.25, 0.3) is 0 Å². The molecule has 0 aliphatic rings. The van der Waals surface area contributed by atoms with E-state index in [-0.39, 0.29) is 12.5 Å². The second-order valence-corrected chi connectivity index (χ2v) is 5.72. The Bertz CT molecular complexity index is 705. The van der Waals surface area contributed by atoms with Crippen molar-refractivity contribution in [2.24, 2.45) is 0 Å². The fraction of sp³-hybridized carbons (Fsp3) is 0.250. The Morgan fingerprint density at radius 2 is 1.86 bits per heavy atom. The zero-order chi connectivity index (χ0) is 16.3. The Kier molecular flexibility index (Phi) is 5.03. The molecule has 0 radical (unpaired) electrons. The van der Waals surface area contributed by atoms with E-state index in [1.54, 1.807) is 32.9 Å². The smallest absolute Gasteiger partial charge is 0.355 e. The molecule has 0 spiro atoms. The number of nitrogens with one attached hydrogen (secondary N) is 2. The first-order chi connectivity index (χ1) is 10.4. The third kappa shape index (κ3) is 3.39. The summed E-state index contributed by atoms with van der Waals surface area (Å²) in [5, 5.41) is 2.82. The predicted octanol–water partition coefficient (Wildman–Crippen LogP) is 3.82. The number of halogens is 1. The minimum Gasteiger partial charge on any atom is -0.461 e. The minimum absolute atomic E-state index is 0.260. The van der Waals surface area contributed by atoms with Crippen LogP contribution >= 0.6 is 15.9 Å². The molecule has 0 atom stereocenters. The SMILES string of the molecule is CCOC(=O)c1[nH]c(C)c(C(=O)Nc2ccc(Br)cc2)c1C. The number of amides is 1. The number of hydrogen-bond donors (Lipinski definition) is 2. The van der Waals surface area contributed by atoms with Gasteiger partial charge in [-0.1, -0.05) is 15.9 Å². The van der Waals surface area contributed by atoms with Gasteiger partial charge in [0.2, 0.25) is 0 Å². The number of aryl methyl sites for hydroxylation is 1. The maximum Gasteiger partial charge on any atom is 0.355 e. The number of esters is 1. The van der Waals surface area contributed by atoms with E-state index in [2.05, 4.69) is 26.2 Å². The van der Waals surface area contributed by atoms with E-state index >= 15 is 0 Å². The molecule has 0 saturated heterocycles. The molecule has 2 N–H and O–H groups in total. The molecule has 0 saturated carbocycles. The molecule has 0 aliphatic carbocycles. The van der Waals surface area contributed by atoms with Crippen molar-refractivity contribution in [1.29, 1.82) is 0 Å². The van der Waals surface area contributed by atoms with Crippen molar-refractivity contribution >= 4 is 33.5 Å². The van der Waals surface area contributed by atoms with Crippen molar-refractivity contribution in [3.8, 4) is 0 Å². The topological polar surface area (TPSA) is 71.2 Å². The van der Waals surface area contributed by atoms with Gasteiger partial charge in [-0.25, -0.2) is 4.79 Å². The Hall–Kier alpha value is -2.08. The van der Waals surface area contributed by atoms with Crippen LogP contribution < -0.4 is 5.32 Å².